The minimum absolute atomic E-state index is 0.0492. The van der Waals surface area contributed by atoms with Crippen molar-refractivity contribution < 1.29 is 13.2 Å². The van der Waals surface area contributed by atoms with E-state index in [4.69, 9.17) is 0 Å². The van der Waals surface area contributed by atoms with Crippen LogP contribution in [0, 0.1) is 5.92 Å². The lowest BCUT2D eigenvalue weighted by molar-refractivity contribution is 0.0701. The molecule has 2 saturated heterocycles. The van der Waals surface area contributed by atoms with Gasteiger partial charge in [0.2, 0.25) is 10.0 Å². The molecular formula is C19H28N2O3S. The number of sulfonamides is 1. The molecule has 25 heavy (non-hydrogen) atoms. The molecule has 0 spiro atoms. The number of rotatable bonds is 4. The Kier molecular flexibility index (Phi) is 5.49. The molecule has 5 nitrogen and oxygen atoms in total. The SMILES string of the molecule is CC(C)C1CCCN1C(=O)c1cccc(S(=O)(=O)N2CCCCC2)c1. The van der Waals surface area contributed by atoms with Gasteiger partial charge in [-0.2, -0.15) is 4.31 Å². The van der Waals surface area contributed by atoms with E-state index in [1.54, 1.807) is 28.6 Å². The van der Waals surface area contributed by atoms with Gasteiger partial charge in [0.25, 0.3) is 5.91 Å². The second-order valence-corrected chi connectivity index (χ2v) is 9.38. The molecule has 138 valence electrons. The zero-order valence-corrected chi connectivity index (χ0v) is 16.0. The third-order valence-electron chi connectivity index (χ3n) is 5.36. The number of benzene rings is 1. The Morgan fingerprint density at radius 2 is 1.80 bits per heavy atom. The smallest absolute Gasteiger partial charge is 0.254 e. The molecule has 1 amide bonds. The van der Waals surface area contributed by atoms with Crippen molar-refractivity contribution in [3.63, 3.8) is 0 Å². The summed E-state index contributed by atoms with van der Waals surface area (Å²) < 4.78 is 27.3. The van der Waals surface area contributed by atoms with Crippen molar-refractivity contribution in [1.82, 2.24) is 9.21 Å². The number of nitrogens with zero attached hydrogens (tertiary/aromatic N) is 2. The minimum atomic E-state index is -3.51. The third kappa shape index (κ3) is 3.75. The van der Waals surface area contributed by atoms with Crippen molar-refractivity contribution in [3.05, 3.63) is 29.8 Å². The van der Waals surface area contributed by atoms with Crippen LogP contribution >= 0.6 is 0 Å². The highest BCUT2D eigenvalue weighted by Crippen LogP contribution is 2.27. The lowest BCUT2D eigenvalue weighted by Gasteiger charge is -2.28. The van der Waals surface area contributed by atoms with Gasteiger partial charge >= 0.3 is 0 Å². The number of piperidine rings is 1. The molecule has 0 aromatic heterocycles. The maximum atomic E-state index is 12.9. The van der Waals surface area contributed by atoms with Crippen LogP contribution in [0.5, 0.6) is 0 Å². The first kappa shape index (κ1) is 18.4. The second kappa shape index (κ2) is 7.46. The van der Waals surface area contributed by atoms with E-state index in [0.29, 0.717) is 24.6 Å². The minimum Gasteiger partial charge on any atom is -0.335 e. The molecule has 1 aromatic carbocycles. The fraction of sp³-hybridized carbons (Fsp3) is 0.632. The number of likely N-dealkylation sites (tertiary alicyclic amines) is 1. The molecule has 3 rings (SSSR count). The van der Waals surface area contributed by atoms with Gasteiger partial charge in [0.1, 0.15) is 0 Å². The number of hydrogen-bond donors (Lipinski definition) is 0. The van der Waals surface area contributed by atoms with Crippen molar-refractivity contribution in [2.45, 2.75) is 56.9 Å². The van der Waals surface area contributed by atoms with E-state index in [1.807, 2.05) is 4.90 Å². The Morgan fingerprint density at radius 1 is 1.08 bits per heavy atom. The number of carbonyl (C=O) groups is 1. The first-order valence-corrected chi connectivity index (χ1v) is 10.8. The maximum Gasteiger partial charge on any atom is 0.254 e. The summed E-state index contributed by atoms with van der Waals surface area (Å²) in [5.41, 5.74) is 0.477. The van der Waals surface area contributed by atoms with E-state index < -0.39 is 10.0 Å². The van der Waals surface area contributed by atoms with Gasteiger partial charge in [-0.15, -0.1) is 0 Å². The predicted molar refractivity (Wildman–Crippen MR) is 97.9 cm³/mol. The Hall–Kier alpha value is -1.40. The number of amides is 1. The first-order valence-electron chi connectivity index (χ1n) is 9.32. The summed E-state index contributed by atoms with van der Waals surface area (Å²) in [5.74, 6) is 0.360. The van der Waals surface area contributed by atoms with Gasteiger partial charge in [-0.25, -0.2) is 8.42 Å². The van der Waals surface area contributed by atoms with Crippen LogP contribution in [-0.2, 0) is 10.0 Å². The van der Waals surface area contributed by atoms with Crippen LogP contribution in [-0.4, -0.2) is 49.2 Å². The molecule has 2 aliphatic rings. The molecule has 2 aliphatic heterocycles. The van der Waals surface area contributed by atoms with Crippen LogP contribution in [0.3, 0.4) is 0 Å². The topological polar surface area (TPSA) is 57.7 Å². The Balaban J connectivity index is 1.85. The maximum absolute atomic E-state index is 12.9. The average molecular weight is 365 g/mol. The van der Waals surface area contributed by atoms with Gasteiger partial charge < -0.3 is 4.90 Å². The van der Waals surface area contributed by atoms with E-state index >= 15 is 0 Å². The summed E-state index contributed by atoms with van der Waals surface area (Å²) in [6.45, 7) is 6.16. The Bertz CT molecular complexity index is 724. The number of hydrogen-bond acceptors (Lipinski definition) is 3. The first-order chi connectivity index (χ1) is 11.9. The van der Waals surface area contributed by atoms with Crippen molar-refractivity contribution >= 4 is 15.9 Å². The summed E-state index contributed by atoms with van der Waals surface area (Å²) in [4.78, 5) is 15.1. The van der Waals surface area contributed by atoms with Crippen LogP contribution in [0.25, 0.3) is 0 Å². The van der Waals surface area contributed by atoms with Crippen molar-refractivity contribution in [1.29, 1.82) is 0 Å². The van der Waals surface area contributed by atoms with Crippen LogP contribution in [0.4, 0.5) is 0 Å². The van der Waals surface area contributed by atoms with E-state index in [2.05, 4.69) is 13.8 Å². The van der Waals surface area contributed by atoms with Crippen LogP contribution < -0.4 is 0 Å². The molecule has 2 fully saturated rings. The number of carbonyl (C=O) groups excluding carboxylic acids is 1. The molecule has 6 heteroatoms. The third-order valence-corrected chi connectivity index (χ3v) is 7.26. The van der Waals surface area contributed by atoms with Crippen LogP contribution in [0.1, 0.15) is 56.3 Å². The molecule has 0 bridgehead atoms. The fourth-order valence-electron chi connectivity index (χ4n) is 3.95. The second-order valence-electron chi connectivity index (χ2n) is 7.44. The highest BCUT2D eigenvalue weighted by atomic mass is 32.2. The van der Waals surface area contributed by atoms with Crippen LogP contribution in [0.15, 0.2) is 29.2 Å². The predicted octanol–water partition coefficient (Wildman–Crippen LogP) is 3.12. The molecule has 0 N–H and O–H groups in total. The highest BCUT2D eigenvalue weighted by molar-refractivity contribution is 7.89. The summed E-state index contributed by atoms with van der Waals surface area (Å²) in [7, 11) is -3.51. The largest absolute Gasteiger partial charge is 0.335 e. The Morgan fingerprint density at radius 3 is 2.48 bits per heavy atom. The molecule has 1 unspecified atom stereocenters. The molecule has 0 aliphatic carbocycles. The molecule has 1 aromatic rings. The van der Waals surface area contributed by atoms with Gasteiger partial charge in [-0.05, 0) is 49.8 Å². The quantitative estimate of drug-likeness (QED) is 0.825. The van der Waals surface area contributed by atoms with Gasteiger partial charge in [-0.1, -0.05) is 26.3 Å². The van der Waals surface area contributed by atoms with E-state index in [1.165, 1.54) is 0 Å². The van der Waals surface area contributed by atoms with E-state index in [0.717, 1.165) is 38.6 Å². The lowest BCUT2D eigenvalue weighted by atomic mass is 10.0. The highest BCUT2D eigenvalue weighted by Gasteiger charge is 2.32. The zero-order chi connectivity index (χ0) is 18.0. The summed E-state index contributed by atoms with van der Waals surface area (Å²) in [6.07, 6.45) is 4.93. The summed E-state index contributed by atoms with van der Waals surface area (Å²) in [5, 5.41) is 0. The lowest BCUT2D eigenvalue weighted by Crippen LogP contribution is -2.39. The zero-order valence-electron chi connectivity index (χ0n) is 15.1. The van der Waals surface area contributed by atoms with Gasteiger partial charge in [-0.3, -0.25) is 4.79 Å². The molecular weight excluding hydrogens is 336 g/mol. The van der Waals surface area contributed by atoms with Crippen molar-refractivity contribution in [2.24, 2.45) is 5.92 Å². The monoisotopic (exact) mass is 364 g/mol. The van der Waals surface area contributed by atoms with E-state index in [-0.39, 0.29) is 16.8 Å². The van der Waals surface area contributed by atoms with Crippen LogP contribution in [0.2, 0.25) is 0 Å². The molecule has 0 radical (unpaired) electrons. The fourth-order valence-corrected chi connectivity index (χ4v) is 5.51. The Labute approximate surface area is 151 Å². The van der Waals surface area contributed by atoms with Crippen molar-refractivity contribution in [3.8, 4) is 0 Å². The normalized spacial score (nSPS) is 22.5. The van der Waals surface area contributed by atoms with Gasteiger partial charge in [0.05, 0.1) is 4.90 Å². The van der Waals surface area contributed by atoms with Gasteiger partial charge in [0, 0.05) is 31.2 Å². The van der Waals surface area contributed by atoms with E-state index in [9.17, 15) is 13.2 Å². The molecule has 0 saturated carbocycles. The van der Waals surface area contributed by atoms with Gasteiger partial charge in [0.15, 0.2) is 0 Å². The molecule has 2 heterocycles. The summed E-state index contributed by atoms with van der Waals surface area (Å²) >= 11 is 0. The average Bonchev–Trinajstić information content (AvgIpc) is 3.12. The summed E-state index contributed by atoms with van der Waals surface area (Å²) in [6, 6.07) is 6.82. The molecule has 1 atom stereocenters. The van der Waals surface area contributed by atoms with Crippen molar-refractivity contribution in [2.75, 3.05) is 19.6 Å². The standard InChI is InChI=1S/C19H28N2O3S/c1-15(2)18-10-7-13-21(18)19(22)16-8-6-9-17(14-16)25(23,24)20-11-4-3-5-12-20/h6,8-9,14-15,18H,3-5,7,10-13H2,1-2H3.